The van der Waals surface area contributed by atoms with E-state index in [0.29, 0.717) is 0 Å². The van der Waals surface area contributed by atoms with E-state index in [2.05, 4.69) is 16.0 Å². The van der Waals surface area contributed by atoms with Crippen LogP contribution in [-0.4, -0.2) is 29.1 Å². The predicted molar refractivity (Wildman–Crippen MR) is 70.1 cm³/mol. The molecular formula is C14H14N2O2. The molecule has 1 aromatic carbocycles. The molecule has 2 heterocycles. The van der Waals surface area contributed by atoms with Crippen LogP contribution < -0.4 is 4.90 Å². The molecule has 1 aromatic heterocycles. The van der Waals surface area contributed by atoms with Crippen LogP contribution in [0.2, 0.25) is 0 Å². The first kappa shape index (κ1) is 11.0. The Morgan fingerprint density at radius 1 is 1.17 bits per heavy atom. The fraction of sp³-hybridized carbons (Fsp3) is 0.286. The maximum absolute atomic E-state index is 10.9. The van der Waals surface area contributed by atoms with E-state index in [1.165, 1.54) is 12.8 Å². The molecule has 4 nitrogen and oxygen atoms in total. The number of aromatic carboxylic acids is 1. The van der Waals surface area contributed by atoms with Crippen molar-refractivity contribution in [3.8, 4) is 0 Å². The smallest absolute Gasteiger partial charge is 0.354 e. The summed E-state index contributed by atoms with van der Waals surface area (Å²) in [6.45, 7) is 2.15. The molecule has 1 aliphatic heterocycles. The summed E-state index contributed by atoms with van der Waals surface area (Å²) in [6, 6.07) is 9.41. The summed E-state index contributed by atoms with van der Waals surface area (Å²) in [4.78, 5) is 17.4. The maximum Gasteiger partial charge on any atom is 0.354 e. The monoisotopic (exact) mass is 242 g/mol. The van der Waals surface area contributed by atoms with Crippen LogP contribution in [0.15, 0.2) is 30.3 Å². The summed E-state index contributed by atoms with van der Waals surface area (Å²) in [7, 11) is 0. The third kappa shape index (κ3) is 1.90. The molecule has 1 N–H and O–H groups in total. The molecule has 0 aliphatic carbocycles. The number of benzene rings is 1. The Morgan fingerprint density at radius 2 is 1.89 bits per heavy atom. The number of carbonyl (C=O) groups is 1. The highest BCUT2D eigenvalue weighted by Gasteiger charge is 2.13. The molecular weight excluding hydrogens is 228 g/mol. The molecule has 0 spiro atoms. The summed E-state index contributed by atoms with van der Waals surface area (Å²) in [5.74, 6) is -0.983. The van der Waals surface area contributed by atoms with E-state index < -0.39 is 5.97 Å². The highest BCUT2D eigenvalue weighted by atomic mass is 16.4. The van der Waals surface area contributed by atoms with Gasteiger partial charge in [-0.3, -0.25) is 0 Å². The molecule has 3 rings (SSSR count). The van der Waals surface area contributed by atoms with Crippen LogP contribution in [0, 0.1) is 0 Å². The van der Waals surface area contributed by atoms with Crippen molar-refractivity contribution in [2.24, 2.45) is 0 Å². The van der Waals surface area contributed by atoms with Gasteiger partial charge in [-0.25, -0.2) is 9.78 Å². The van der Waals surface area contributed by atoms with Gasteiger partial charge in [0, 0.05) is 24.2 Å². The fourth-order valence-electron chi connectivity index (χ4n) is 2.40. The predicted octanol–water partition coefficient (Wildman–Crippen LogP) is 2.53. The van der Waals surface area contributed by atoms with Crippen molar-refractivity contribution in [3.63, 3.8) is 0 Å². The normalized spacial score (nSPS) is 15.2. The Kier molecular flexibility index (Phi) is 2.63. The Hall–Kier alpha value is -2.10. The molecule has 1 fully saturated rings. The van der Waals surface area contributed by atoms with Gasteiger partial charge in [0.15, 0.2) is 0 Å². The average molecular weight is 242 g/mol. The van der Waals surface area contributed by atoms with Crippen LogP contribution in [0.3, 0.4) is 0 Å². The van der Waals surface area contributed by atoms with Gasteiger partial charge in [0.05, 0.1) is 5.52 Å². The van der Waals surface area contributed by atoms with Crippen molar-refractivity contribution in [1.29, 1.82) is 0 Å². The molecule has 4 heteroatoms. The van der Waals surface area contributed by atoms with Gasteiger partial charge in [-0.05, 0) is 31.0 Å². The average Bonchev–Trinajstić information content (AvgIpc) is 2.91. The van der Waals surface area contributed by atoms with Crippen LogP contribution in [-0.2, 0) is 0 Å². The van der Waals surface area contributed by atoms with Gasteiger partial charge in [-0.1, -0.05) is 12.1 Å². The number of fused-ring (bicyclic) bond motifs is 1. The first-order chi connectivity index (χ1) is 8.74. The SMILES string of the molecule is O=C(O)c1ccc2ccc(N3CCCC3)cc2n1. The second kappa shape index (κ2) is 4.29. The van der Waals surface area contributed by atoms with Crippen LogP contribution in [0.5, 0.6) is 0 Å². The number of aromatic nitrogens is 1. The maximum atomic E-state index is 10.9. The van der Waals surface area contributed by atoms with Crippen molar-refractivity contribution in [2.45, 2.75) is 12.8 Å². The summed E-state index contributed by atoms with van der Waals surface area (Å²) in [5, 5.41) is 9.93. The van der Waals surface area contributed by atoms with Gasteiger partial charge in [-0.2, -0.15) is 0 Å². The van der Waals surface area contributed by atoms with Crippen LogP contribution in [0.4, 0.5) is 5.69 Å². The number of rotatable bonds is 2. The van der Waals surface area contributed by atoms with E-state index in [4.69, 9.17) is 5.11 Å². The van der Waals surface area contributed by atoms with Crippen LogP contribution in [0.1, 0.15) is 23.3 Å². The Labute approximate surface area is 105 Å². The van der Waals surface area contributed by atoms with Crippen molar-refractivity contribution in [2.75, 3.05) is 18.0 Å². The van der Waals surface area contributed by atoms with Crippen molar-refractivity contribution < 1.29 is 9.90 Å². The Morgan fingerprint density at radius 3 is 2.61 bits per heavy atom. The lowest BCUT2D eigenvalue weighted by Gasteiger charge is -2.17. The van der Waals surface area contributed by atoms with Crippen LogP contribution >= 0.6 is 0 Å². The van der Waals surface area contributed by atoms with E-state index in [0.717, 1.165) is 29.7 Å². The second-order valence-electron chi connectivity index (χ2n) is 4.57. The van der Waals surface area contributed by atoms with Gasteiger partial charge < -0.3 is 10.0 Å². The standard InChI is InChI=1S/C14H14N2O2/c17-14(18)12-6-4-10-3-5-11(9-13(10)15-12)16-7-1-2-8-16/h3-6,9H,1-2,7-8H2,(H,17,18). The quantitative estimate of drug-likeness (QED) is 0.879. The highest BCUT2D eigenvalue weighted by molar-refractivity contribution is 5.90. The number of nitrogens with zero attached hydrogens (tertiary/aromatic N) is 2. The van der Waals surface area contributed by atoms with E-state index in [-0.39, 0.29) is 5.69 Å². The van der Waals surface area contributed by atoms with Gasteiger partial charge in [0.25, 0.3) is 0 Å². The molecule has 1 aliphatic rings. The second-order valence-corrected chi connectivity index (χ2v) is 4.57. The number of carboxylic acids is 1. The van der Waals surface area contributed by atoms with E-state index in [1.54, 1.807) is 12.1 Å². The number of carboxylic acid groups (broad SMARTS) is 1. The minimum Gasteiger partial charge on any atom is -0.477 e. The van der Waals surface area contributed by atoms with Gasteiger partial charge >= 0.3 is 5.97 Å². The number of pyridine rings is 1. The number of anilines is 1. The third-order valence-electron chi connectivity index (χ3n) is 3.37. The summed E-state index contributed by atoms with van der Waals surface area (Å²) in [5.41, 5.74) is 1.98. The molecule has 92 valence electrons. The van der Waals surface area contributed by atoms with Gasteiger partial charge in [-0.15, -0.1) is 0 Å². The van der Waals surface area contributed by atoms with Gasteiger partial charge in [0.2, 0.25) is 0 Å². The van der Waals surface area contributed by atoms with Crippen molar-refractivity contribution in [3.05, 3.63) is 36.0 Å². The number of hydrogen-bond donors (Lipinski definition) is 1. The molecule has 1 saturated heterocycles. The van der Waals surface area contributed by atoms with E-state index in [9.17, 15) is 4.79 Å². The molecule has 0 saturated carbocycles. The molecule has 0 radical (unpaired) electrons. The lowest BCUT2D eigenvalue weighted by Crippen LogP contribution is -2.17. The zero-order valence-electron chi connectivity index (χ0n) is 9.97. The molecule has 0 bridgehead atoms. The minimum atomic E-state index is -0.983. The minimum absolute atomic E-state index is 0.0982. The lowest BCUT2D eigenvalue weighted by molar-refractivity contribution is 0.0691. The Bertz CT molecular complexity index is 604. The Balaban J connectivity index is 2.06. The largest absolute Gasteiger partial charge is 0.477 e. The molecule has 0 amide bonds. The molecule has 18 heavy (non-hydrogen) atoms. The topological polar surface area (TPSA) is 53.4 Å². The fourth-order valence-corrected chi connectivity index (χ4v) is 2.40. The van der Waals surface area contributed by atoms with E-state index >= 15 is 0 Å². The van der Waals surface area contributed by atoms with Crippen molar-refractivity contribution in [1.82, 2.24) is 4.98 Å². The number of hydrogen-bond acceptors (Lipinski definition) is 3. The van der Waals surface area contributed by atoms with Gasteiger partial charge in [0.1, 0.15) is 5.69 Å². The summed E-state index contributed by atoms with van der Waals surface area (Å²) < 4.78 is 0. The zero-order valence-corrected chi connectivity index (χ0v) is 9.97. The molecule has 0 atom stereocenters. The summed E-state index contributed by atoms with van der Waals surface area (Å²) >= 11 is 0. The highest BCUT2D eigenvalue weighted by Crippen LogP contribution is 2.24. The summed E-state index contributed by atoms with van der Waals surface area (Å²) in [6.07, 6.45) is 2.45. The van der Waals surface area contributed by atoms with E-state index in [1.807, 2.05) is 12.1 Å². The lowest BCUT2D eigenvalue weighted by atomic mass is 10.1. The molecule has 2 aromatic rings. The first-order valence-corrected chi connectivity index (χ1v) is 6.13. The molecule has 0 unspecified atom stereocenters. The third-order valence-corrected chi connectivity index (χ3v) is 3.37. The zero-order chi connectivity index (χ0) is 12.5. The van der Waals surface area contributed by atoms with Crippen molar-refractivity contribution >= 4 is 22.6 Å². The van der Waals surface area contributed by atoms with Crippen LogP contribution in [0.25, 0.3) is 10.9 Å². The first-order valence-electron chi connectivity index (χ1n) is 6.13.